The van der Waals surface area contributed by atoms with Crippen molar-refractivity contribution < 1.29 is 14.3 Å². The van der Waals surface area contributed by atoms with Gasteiger partial charge in [0.2, 0.25) is 0 Å². The van der Waals surface area contributed by atoms with Crippen molar-refractivity contribution in [3.05, 3.63) is 66.7 Å². The van der Waals surface area contributed by atoms with Gasteiger partial charge in [-0.05, 0) is 80.2 Å². The Morgan fingerprint density at radius 1 is 1.08 bits per heavy atom. The van der Waals surface area contributed by atoms with Crippen LogP contribution in [0.25, 0.3) is 11.1 Å². The molecule has 1 aliphatic carbocycles. The lowest BCUT2D eigenvalue weighted by Gasteiger charge is -2.36. The molecule has 38 heavy (non-hydrogen) atoms. The van der Waals surface area contributed by atoms with Crippen LogP contribution in [0.4, 0.5) is 0 Å². The lowest BCUT2D eigenvalue weighted by atomic mass is 9.66. The van der Waals surface area contributed by atoms with Gasteiger partial charge in [0.1, 0.15) is 5.75 Å². The monoisotopic (exact) mass is 515 g/mol. The Balaban J connectivity index is 1.48. The molecule has 0 heterocycles. The molecule has 1 aliphatic rings. The third-order valence-electron chi connectivity index (χ3n) is 7.90. The molecule has 204 valence electrons. The predicted molar refractivity (Wildman–Crippen MR) is 155 cm³/mol. The first-order chi connectivity index (χ1) is 18.5. The maximum atomic E-state index is 11.1. The largest absolute Gasteiger partial charge is 0.491 e. The standard InChI is InChI=1S/C34H45NO3/c1-4-12-27(3)38-32-20-18-29(19-21-32)28-14-16-30(17-15-28)31-13-11-23-34(25-31,26-35)22-9-7-6-8-10-24-37-33(36)5-2/h5,14-21,27,31H,2,4,6-13,22-25H2,1,3H3. The maximum Gasteiger partial charge on any atom is 0.330 e. The van der Waals surface area contributed by atoms with E-state index in [4.69, 9.17) is 9.47 Å². The van der Waals surface area contributed by atoms with Gasteiger partial charge < -0.3 is 9.47 Å². The number of nitriles is 1. The molecule has 0 aliphatic heterocycles. The third-order valence-corrected chi connectivity index (χ3v) is 7.90. The molecule has 4 heteroatoms. The fourth-order valence-corrected chi connectivity index (χ4v) is 5.73. The van der Waals surface area contributed by atoms with Crippen molar-refractivity contribution >= 4 is 5.97 Å². The zero-order valence-electron chi connectivity index (χ0n) is 23.4. The van der Waals surface area contributed by atoms with Crippen LogP contribution in [0.2, 0.25) is 0 Å². The number of carbonyl (C=O) groups is 1. The Hall–Kier alpha value is -3.06. The second-order valence-electron chi connectivity index (χ2n) is 10.9. The van der Waals surface area contributed by atoms with Gasteiger partial charge >= 0.3 is 5.97 Å². The molecule has 0 N–H and O–H groups in total. The van der Waals surface area contributed by atoms with E-state index in [1.54, 1.807) is 0 Å². The number of hydrogen-bond donors (Lipinski definition) is 0. The molecule has 3 rings (SSSR count). The van der Waals surface area contributed by atoms with Crippen molar-refractivity contribution in [1.82, 2.24) is 0 Å². The van der Waals surface area contributed by atoms with Crippen LogP contribution in [-0.2, 0) is 9.53 Å². The van der Waals surface area contributed by atoms with E-state index in [-0.39, 0.29) is 17.5 Å². The van der Waals surface area contributed by atoms with Gasteiger partial charge in [-0.1, -0.05) is 88.4 Å². The van der Waals surface area contributed by atoms with Crippen LogP contribution < -0.4 is 4.74 Å². The summed E-state index contributed by atoms with van der Waals surface area (Å²) in [5.74, 6) is 1.03. The van der Waals surface area contributed by atoms with Crippen molar-refractivity contribution in [3.8, 4) is 22.9 Å². The summed E-state index contributed by atoms with van der Waals surface area (Å²) in [5, 5.41) is 10.1. The van der Waals surface area contributed by atoms with Crippen LogP contribution in [0.1, 0.15) is 102 Å². The SMILES string of the molecule is C=CC(=O)OCCCCCCCC1(C#N)CCCC(c2ccc(-c3ccc(OC(C)CCC)cc3)cc2)C1. The van der Waals surface area contributed by atoms with E-state index in [9.17, 15) is 10.1 Å². The maximum absolute atomic E-state index is 11.1. The van der Waals surface area contributed by atoms with Crippen molar-refractivity contribution in [1.29, 1.82) is 5.26 Å². The average molecular weight is 516 g/mol. The molecule has 0 amide bonds. The van der Waals surface area contributed by atoms with Crippen molar-refractivity contribution in [2.75, 3.05) is 6.61 Å². The number of hydrogen-bond acceptors (Lipinski definition) is 4. The van der Waals surface area contributed by atoms with Crippen molar-refractivity contribution in [2.24, 2.45) is 5.41 Å². The lowest BCUT2D eigenvalue weighted by Crippen LogP contribution is -2.26. The summed E-state index contributed by atoms with van der Waals surface area (Å²) in [6.45, 7) is 8.17. The molecule has 0 aromatic heterocycles. The smallest absolute Gasteiger partial charge is 0.330 e. The number of carbonyl (C=O) groups excluding carboxylic acids is 1. The van der Waals surface area contributed by atoms with Crippen LogP contribution in [-0.4, -0.2) is 18.7 Å². The van der Waals surface area contributed by atoms with Gasteiger partial charge in [-0.25, -0.2) is 4.79 Å². The molecule has 3 unspecified atom stereocenters. The molecule has 0 bridgehead atoms. The Morgan fingerprint density at radius 3 is 2.39 bits per heavy atom. The fourth-order valence-electron chi connectivity index (χ4n) is 5.73. The first-order valence-electron chi connectivity index (χ1n) is 14.6. The highest BCUT2D eigenvalue weighted by molar-refractivity contribution is 5.81. The van der Waals surface area contributed by atoms with Gasteiger partial charge in [0.15, 0.2) is 0 Å². The predicted octanol–water partition coefficient (Wildman–Crippen LogP) is 9.16. The lowest BCUT2D eigenvalue weighted by molar-refractivity contribution is -0.137. The zero-order chi connectivity index (χ0) is 27.2. The third kappa shape index (κ3) is 9.05. The Kier molecular flexibility index (Phi) is 11.9. The molecular weight excluding hydrogens is 470 g/mol. The molecule has 0 saturated heterocycles. The van der Waals surface area contributed by atoms with E-state index in [1.165, 1.54) is 22.8 Å². The Labute approximate surface area is 230 Å². The highest BCUT2D eigenvalue weighted by Crippen LogP contribution is 2.46. The molecule has 1 saturated carbocycles. The minimum atomic E-state index is -0.348. The number of benzene rings is 2. The Bertz CT molecular complexity index is 1040. The minimum absolute atomic E-state index is 0.203. The molecule has 3 atom stereocenters. The van der Waals surface area contributed by atoms with E-state index in [0.717, 1.165) is 82.8 Å². The van der Waals surface area contributed by atoms with Crippen LogP contribution in [0.5, 0.6) is 5.75 Å². The second kappa shape index (κ2) is 15.4. The second-order valence-corrected chi connectivity index (χ2v) is 10.9. The normalized spacial score (nSPS) is 19.8. The summed E-state index contributed by atoms with van der Waals surface area (Å²) in [7, 11) is 0. The van der Waals surface area contributed by atoms with E-state index in [2.05, 4.69) is 75.0 Å². The van der Waals surface area contributed by atoms with Crippen LogP contribution in [0, 0.1) is 16.7 Å². The summed E-state index contributed by atoms with van der Waals surface area (Å²) >= 11 is 0. The first kappa shape index (κ1) is 29.5. The highest BCUT2D eigenvalue weighted by atomic mass is 16.5. The Morgan fingerprint density at radius 2 is 1.74 bits per heavy atom. The van der Waals surface area contributed by atoms with Gasteiger partial charge in [-0.2, -0.15) is 5.26 Å². The summed E-state index contributed by atoms with van der Waals surface area (Å²) in [6, 6.07) is 20.1. The summed E-state index contributed by atoms with van der Waals surface area (Å²) in [5.41, 5.74) is 3.56. The van der Waals surface area contributed by atoms with Crippen LogP contribution in [0.15, 0.2) is 61.2 Å². The van der Waals surface area contributed by atoms with E-state index >= 15 is 0 Å². The number of nitrogens with zero attached hydrogens (tertiary/aromatic N) is 1. The van der Waals surface area contributed by atoms with E-state index < -0.39 is 0 Å². The topological polar surface area (TPSA) is 59.3 Å². The van der Waals surface area contributed by atoms with Gasteiger partial charge in [0.25, 0.3) is 0 Å². The summed E-state index contributed by atoms with van der Waals surface area (Å²) < 4.78 is 11.0. The first-order valence-corrected chi connectivity index (χ1v) is 14.6. The summed E-state index contributed by atoms with van der Waals surface area (Å²) in [4.78, 5) is 11.1. The molecule has 2 aromatic carbocycles. The van der Waals surface area contributed by atoms with Gasteiger partial charge in [-0.3, -0.25) is 0 Å². The zero-order valence-corrected chi connectivity index (χ0v) is 23.4. The molecule has 4 nitrogen and oxygen atoms in total. The molecular formula is C34H45NO3. The minimum Gasteiger partial charge on any atom is -0.491 e. The molecule has 2 aromatic rings. The quantitative estimate of drug-likeness (QED) is 0.135. The number of esters is 1. The van der Waals surface area contributed by atoms with E-state index in [0.29, 0.717) is 12.5 Å². The van der Waals surface area contributed by atoms with Gasteiger partial charge in [-0.15, -0.1) is 0 Å². The highest BCUT2D eigenvalue weighted by Gasteiger charge is 2.36. The number of ether oxygens (including phenoxy) is 2. The van der Waals surface area contributed by atoms with Crippen molar-refractivity contribution in [3.63, 3.8) is 0 Å². The molecule has 0 spiro atoms. The fraction of sp³-hybridized carbons (Fsp3) is 0.529. The number of unbranched alkanes of at least 4 members (excludes halogenated alkanes) is 4. The van der Waals surface area contributed by atoms with Gasteiger partial charge in [0.05, 0.1) is 24.2 Å². The van der Waals surface area contributed by atoms with Crippen molar-refractivity contribution in [2.45, 2.75) is 103 Å². The van der Waals surface area contributed by atoms with Gasteiger partial charge in [0, 0.05) is 6.08 Å². The molecule has 1 fully saturated rings. The van der Waals surface area contributed by atoms with Crippen LogP contribution >= 0.6 is 0 Å². The number of rotatable bonds is 15. The average Bonchev–Trinajstić information content (AvgIpc) is 2.95. The van der Waals surface area contributed by atoms with E-state index in [1.807, 2.05) is 0 Å². The van der Waals surface area contributed by atoms with Crippen LogP contribution in [0.3, 0.4) is 0 Å². The summed E-state index contributed by atoms with van der Waals surface area (Å²) in [6.07, 6.45) is 14.1. The molecule has 0 radical (unpaired) electrons.